The van der Waals surface area contributed by atoms with Gasteiger partial charge in [0.2, 0.25) is 5.95 Å². The Morgan fingerprint density at radius 3 is 2.55 bits per heavy atom. The predicted molar refractivity (Wildman–Crippen MR) is 103 cm³/mol. The maximum absolute atomic E-state index is 14.0. The lowest BCUT2D eigenvalue weighted by atomic mass is 9.94. The maximum atomic E-state index is 14.0. The van der Waals surface area contributed by atoms with E-state index in [0.29, 0.717) is 12.6 Å². The molecule has 0 spiro atoms. The number of aromatic nitrogens is 2. The van der Waals surface area contributed by atoms with Crippen molar-refractivity contribution in [2.24, 2.45) is 5.92 Å². The molecule has 0 saturated carbocycles. The highest BCUT2D eigenvalue weighted by molar-refractivity contribution is 5.92. The van der Waals surface area contributed by atoms with E-state index >= 15 is 0 Å². The Hall–Kier alpha value is -2.98. The van der Waals surface area contributed by atoms with Gasteiger partial charge in [-0.15, -0.1) is 0 Å². The van der Waals surface area contributed by atoms with Crippen LogP contribution in [-0.4, -0.2) is 35.1 Å². The van der Waals surface area contributed by atoms with Crippen LogP contribution in [0, 0.1) is 11.7 Å². The van der Waals surface area contributed by atoms with E-state index in [4.69, 9.17) is 0 Å². The van der Waals surface area contributed by atoms with E-state index in [1.165, 1.54) is 4.90 Å². The van der Waals surface area contributed by atoms with Crippen molar-refractivity contribution in [1.29, 1.82) is 0 Å². The van der Waals surface area contributed by atoms with Crippen LogP contribution >= 0.6 is 0 Å². The molecule has 1 amide bonds. The third-order valence-electron chi connectivity index (χ3n) is 5.00. The molecule has 31 heavy (non-hydrogen) atoms. The number of alkyl halides is 4. The van der Waals surface area contributed by atoms with Crippen molar-refractivity contribution in [3.05, 3.63) is 57.3 Å². The molecule has 1 fully saturated rings. The zero-order valence-corrected chi connectivity index (χ0v) is 16.8. The predicted octanol–water partition coefficient (Wildman–Crippen LogP) is 3.60. The highest BCUT2D eigenvalue weighted by Gasteiger charge is 2.34. The number of nitrogens with one attached hydrogen (secondary N) is 2. The van der Waals surface area contributed by atoms with Crippen LogP contribution in [0.2, 0.25) is 0 Å². The normalized spacial score (nSPS) is 17.8. The average molecular weight is 444 g/mol. The number of rotatable bonds is 5. The molecule has 2 aromatic rings. The Morgan fingerprint density at radius 2 is 2.00 bits per heavy atom. The minimum Gasteiger partial charge on any atom is -0.344 e. The molecule has 1 saturated heterocycles. The molecule has 6 nitrogen and oxygen atoms in total. The number of carbonyl (C=O) groups excluding carboxylic acids is 1. The van der Waals surface area contributed by atoms with Gasteiger partial charge in [0, 0.05) is 12.6 Å². The second-order valence-electron chi connectivity index (χ2n) is 7.72. The third-order valence-corrected chi connectivity index (χ3v) is 5.00. The highest BCUT2D eigenvalue weighted by Crippen LogP contribution is 2.33. The van der Waals surface area contributed by atoms with E-state index in [1.54, 1.807) is 13.8 Å². The fourth-order valence-corrected chi connectivity index (χ4v) is 3.43. The molecule has 168 valence electrons. The van der Waals surface area contributed by atoms with Crippen LogP contribution in [0.3, 0.4) is 0 Å². The summed E-state index contributed by atoms with van der Waals surface area (Å²) in [6.45, 7) is 3.76. The number of amides is 1. The van der Waals surface area contributed by atoms with Crippen molar-refractivity contribution >= 4 is 11.9 Å². The van der Waals surface area contributed by atoms with Crippen LogP contribution < -0.4 is 15.8 Å². The largest absolute Gasteiger partial charge is 0.419 e. The SMILES string of the molecule is CC(C)C(NC(=O)c1cc(=O)[nH]c(N2CC[C@H](F)C2)n1)c1ccc(C(F)(F)F)c(F)c1. The van der Waals surface area contributed by atoms with Crippen molar-refractivity contribution in [2.75, 3.05) is 18.0 Å². The van der Waals surface area contributed by atoms with Gasteiger partial charge in [-0.3, -0.25) is 14.6 Å². The molecule has 0 bridgehead atoms. The van der Waals surface area contributed by atoms with Crippen LogP contribution in [0.1, 0.15) is 47.9 Å². The van der Waals surface area contributed by atoms with Crippen LogP contribution in [0.5, 0.6) is 0 Å². The minimum absolute atomic E-state index is 0.0352. The van der Waals surface area contributed by atoms with Gasteiger partial charge in [-0.2, -0.15) is 13.2 Å². The van der Waals surface area contributed by atoms with E-state index in [0.717, 1.165) is 18.2 Å². The first-order valence-electron chi connectivity index (χ1n) is 9.63. The standard InChI is InChI=1S/C20H21F5N4O2/c1-10(2)17(11-3-4-13(14(22)7-11)20(23,24)25)28-18(31)15-8-16(30)27-19(26-15)29-6-5-12(21)9-29/h3-4,7-8,10,12,17H,5-6,9H2,1-2H3,(H,28,31)(H,26,27,30)/t12-,17?/m0/s1. The number of hydrogen-bond acceptors (Lipinski definition) is 4. The fourth-order valence-electron chi connectivity index (χ4n) is 3.43. The van der Waals surface area contributed by atoms with E-state index in [1.807, 2.05) is 0 Å². The molecule has 1 aliphatic rings. The number of nitrogens with zero attached hydrogens (tertiary/aromatic N) is 2. The summed E-state index contributed by atoms with van der Waals surface area (Å²) in [6.07, 6.45) is -5.63. The Morgan fingerprint density at radius 1 is 1.29 bits per heavy atom. The summed E-state index contributed by atoms with van der Waals surface area (Å²) < 4.78 is 65.9. The summed E-state index contributed by atoms with van der Waals surface area (Å²) in [6, 6.07) is 2.58. The van der Waals surface area contributed by atoms with Crippen LogP contribution in [0.15, 0.2) is 29.1 Å². The van der Waals surface area contributed by atoms with Crippen molar-refractivity contribution in [3.63, 3.8) is 0 Å². The molecule has 1 unspecified atom stereocenters. The fraction of sp³-hybridized carbons (Fsp3) is 0.450. The van der Waals surface area contributed by atoms with Crippen LogP contribution in [0.4, 0.5) is 27.9 Å². The topological polar surface area (TPSA) is 78.1 Å². The van der Waals surface area contributed by atoms with Gasteiger partial charge in [-0.1, -0.05) is 19.9 Å². The molecular weight excluding hydrogens is 423 g/mol. The summed E-state index contributed by atoms with van der Waals surface area (Å²) in [4.78, 5) is 32.8. The lowest BCUT2D eigenvalue weighted by Gasteiger charge is -2.24. The van der Waals surface area contributed by atoms with Gasteiger partial charge in [0.1, 0.15) is 17.7 Å². The van der Waals surface area contributed by atoms with E-state index < -0.39 is 41.2 Å². The van der Waals surface area contributed by atoms with Gasteiger partial charge < -0.3 is 10.2 Å². The van der Waals surface area contributed by atoms with Gasteiger partial charge in [0.15, 0.2) is 0 Å². The first-order valence-corrected chi connectivity index (χ1v) is 9.63. The van der Waals surface area contributed by atoms with E-state index in [9.17, 15) is 31.5 Å². The lowest BCUT2D eigenvalue weighted by Crippen LogP contribution is -2.34. The average Bonchev–Trinajstić information content (AvgIpc) is 3.10. The maximum Gasteiger partial charge on any atom is 0.419 e. The first-order chi connectivity index (χ1) is 14.5. The molecule has 0 radical (unpaired) electrons. The highest BCUT2D eigenvalue weighted by atomic mass is 19.4. The molecule has 2 heterocycles. The molecule has 2 atom stereocenters. The second-order valence-corrected chi connectivity index (χ2v) is 7.72. The van der Waals surface area contributed by atoms with Gasteiger partial charge in [0.25, 0.3) is 11.5 Å². The lowest BCUT2D eigenvalue weighted by molar-refractivity contribution is -0.140. The minimum atomic E-state index is -4.83. The smallest absolute Gasteiger partial charge is 0.344 e. The molecule has 1 aromatic carbocycles. The number of benzene rings is 1. The molecular formula is C20H21F5N4O2. The number of H-pyrrole nitrogens is 1. The monoisotopic (exact) mass is 444 g/mol. The van der Waals surface area contributed by atoms with Gasteiger partial charge in [-0.05, 0) is 30.0 Å². The number of halogens is 5. The van der Waals surface area contributed by atoms with Crippen molar-refractivity contribution in [3.8, 4) is 0 Å². The Balaban J connectivity index is 1.86. The van der Waals surface area contributed by atoms with E-state index in [2.05, 4.69) is 15.3 Å². The van der Waals surface area contributed by atoms with Crippen LogP contribution in [0.25, 0.3) is 0 Å². The summed E-state index contributed by atoms with van der Waals surface area (Å²) in [5.41, 5.74) is -2.11. The second kappa shape index (κ2) is 8.64. The van der Waals surface area contributed by atoms with Gasteiger partial charge >= 0.3 is 6.18 Å². The quantitative estimate of drug-likeness (QED) is 0.691. The third kappa shape index (κ3) is 5.20. The molecule has 2 N–H and O–H groups in total. The van der Waals surface area contributed by atoms with Gasteiger partial charge in [-0.25, -0.2) is 13.8 Å². The zero-order valence-electron chi connectivity index (χ0n) is 16.8. The van der Waals surface area contributed by atoms with Crippen molar-refractivity contribution < 1.29 is 26.7 Å². The Bertz CT molecular complexity index is 1020. The number of aromatic amines is 1. The summed E-state index contributed by atoms with van der Waals surface area (Å²) >= 11 is 0. The molecule has 11 heteroatoms. The molecule has 1 aromatic heterocycles. The molecule has 0 aliphatic carbocycles. The molecule has 3 rings (SSSR count). The van der Waals surface area contributed by atoms with Crippen LogP contribution in [-0.2, 0) is 6.18 Å². The number of hydrogen-bond donors (Lipinski definition) is 2. The Labute approximate surface area is 174 Å². The molecule has 1 aliphatic heterocycles. The zero-order chi connectivity index (χ0) is 22.9. The summed E-state index contributed by atoms with van der Waals surface area (Å²) in [7, 11) is 0. The number of anilines is 1. The summed E-state index contributed by atoms with van der Waals surface area (Å²) in [5, 5.41) is 2.59. The van der Waals surface area contributed by atoms with Crippen molar-refractivity contribution in [2.45, 2.75) is 38.7 Å². The number of carbonyl (C=O) groups is 1. The summed E-state index contributed by atoms with van der Waals surface area (Å²) in [5.74, 6) is -2.47. The van der Waals surface area contributed by atoms with Crippen molar-refractivity contribution in [1.82, 2.24) is 15.3 Å². The first kappa shape index (κ1) is 22.7. The van der Waals surface area contributed by atoms with Gasteiger partial charge in [0.05, 0.1) is 18.2 Å². The van der Waals surface area contributed by atoms with E-state index in [-0.39, 0.29) is 36.1 Å². The Kier molecular flexibility index (Phi) is 6.33.